The van der Waals surface area contributed by atoms with Crippen LogP contribution in [0.3, 0.4) is 0 Å². The zero-order valence-corrected chi connectivity index (χ0v) is 11.9. The van der Waals surface area contributed by atoms with Gasteiger partial charge in [-0.15, -0.1) is 0 Å². The van der Waals surface area contributed by atoms with Gasteiger partial charge in [0.2, 0.25) is 0 Å². The number of alkyl halides is 15. The van der Waals surface area contributed by atoms with Crippen LogP contribution in [0.15, 0.2) is 0 Å². The molecule has 0 nitrogen and oxygen atoms in total. The maximum Gasteiger partial charge on any atom is 0.405 e. The first-order chi connectivity index (χ1) is 11.1. The van der Waals surface area contributed by atoms with Gasteiger partial charge >= 0.3 is 30.9 Å². The van der Waals surface area contributed by atoms with Crippen LogP contribution in [0.1, 0.15) is 19.3 Å². The summed E-state index contributed by atoms with van der Waals surface area (Å²) in [4.78, 5) is 0. The van der Waals surface area contributed by atoms with Crippen LogP contribution < -0.4 is 0 Å². The second-order valence-electron chi connectivity index (χ2n) is 5.69. The molecular weight excluding hydrogens is 417 g/mol. The summed E-state index contributed by atoms with van der Waals surface area (Å²) in [6.45, 7) is 0. The maximum atomic E-state index is 13.2. The monoisotopic (exact) mass is 424 g/mol. The average Bonchev–Trinajstić information content (AvgIpc) is 2.30. The molecule has 1 atom stereocenters. The Morgan fingerprint density at radius 1 is 0.538 bits per heavy atom. The van der Waals surface area contributed by atoms with Crippen LogP contribution in [0.2, 0.25) is 0 Å². The van der Waals surface area contributed by atoms with Gasteiger partial charge < -0.3 is 0 Å². The van der Waals surface area contributed by atoms with Gasteiger partial charge in [-0.1, -0.05) is 6.42 Å². The lowest BCUT2D eigenvalue weighted by molar-refractivity contribution is -0.505. The van der Waals surface area contributed by atoms with Gasteiger partial charge in [-0.05, 0) is 12.8 Å². The van der Waals surface area contributed by atoms with Crippen molar-refractivity contribution >= 4 is 0 Å². The normalized spacial score (nSPS) is 25.3. The Kier molecular flexibility index (Phi) is 5.06. The minimum absolute atomic E-state index is 1.79. The molecule has 0 heterocycles. The Morgan fingerprint density at radius 3 is 1.12 bits per heavy atom. The zero-order valence-electron chi connectivity index (χ0n) is 11.9. The molecule has 1 rings (SSSR count). The van der Waals surface area contributed by atoms with E-state index in [1.54, 1.807) is 0 Å². The molecule has 0 spiro atoms. The SMILES string of the molecule is FC(F)(F)C1CCCC(C(F)(F)F)(C(F)(F)F)C1(C(F)(F)F)C(F)(F)F. The van der Waals surface area contributed by atoms with E-state index in [4.69, 9.17) is 0 Å². The van der Waals surface area contributed by atoms with Gasteiger partial charge in [0.15, 0.2) is 10.8 Å². The summed E-state index contributed by atoms with van der Waals surface area (Å²) < 4.78 is 197. The number of rotatable bonds is 0. The third-order valence-electron chi connectivity index (χ3n) is 4.50. The van der Waals surface area contributed by atoms with Gasteiger partial charge in [0.05, 0.1) is 5.92 Å². The first kappa shape index (κ1) is 23.0. The van der Waals surface area contributed by atoms with Crippen molar-refractivity contribution in [1.82, 2.24) is 0 Å². The van der Waals surface area contributed by atoms with Crippen LogP contribution in [-0.4, -0.2) is 30.9 Å². The molecule has 1 saturated carbocycles. The summed E-state index contributed by atoms with van der Waals surface area (Å²) in [6, 6.07) is 0. The van der Waals surface area contributed by atoms with Gasteiger partial charge in [0, 0.05) is 0 Å². The highest BCUT2D eigenvalue weighted by Crippen LogP contribution is 2.78. The smallest absolute Gasteiger partial charge is 0.171 e. The Hall–Kier alpha value is -1.05. The molecule has 0 bridgehead atoms. The average molecular weight is 424 g/mol. The van der Waals surface area contributed by atoms with Crippen LogP contribution in [0.4, 0.5) is 65.9 Å². The molecule has 1 aliphatic rings. The molecule has 0 saturated heterocycles. The molecule has 0 radical (unpaired) electrons. The fourth-order valence-electron chi connectivity index (χ4n) is 3.62. The standard InChI is InChI=1S/C11H7F15/c12-7(13,14)4-2-1-3-5(8(15,16)17,9(18,19)20)6(4,10(21,22)23)11(24,25)26/h4H,1-3H2. The molecular formula is C11H7F15. The lowest BCUT2D eigenvalue weighted by atomic mass is 9.49. The number of hydrogen-bond acceptors (Lipinski definition) is 0. The molecule has 0 aliphatic heterocycles. The minimum Gasteiger partial charge on any atom is -0.171 e. The third kappa shape index (κ3) is 2.79. The topological polar surface area (TPSA) is 0 Å². The van der Waals surface area contributed by atoms with E-state index in [1.807, 2.05) is 0 Å². The molecule has 1 aliphatic carbocycles. The Balaban J connectivity index is 4.23. The summed E-state index contributed by atoms with van der Waals surface area (Å²) in [5.74, 6) is -4.98. The van der Waals surface area contributed by atoms with Crippen molar-refractivity contribution in [3.05, 3.63) is 0 Å². The van der Waals surface area contributed by atoms with Gasteiger partial charge in [-0.3, -0.25) is 0 Å². The van der Waals surface area contributed by atoms with Crippen molar-refractivity contribution in [2.75, 3.05) is 0 Å². The molecule has 0 aromatic carbocycles. The molecule has 1 fully saturated rings. The van der Waals surface area contributed by atoms with E-state index in [0.29, 0.717) is 0 Å². The van der Waals surface area contributed by atoms with Crippen molar-refractivity contribution in [1.29, 1.82) is 0 Å². The van der Waals surface area contributed by atoms with Gasteiger partial charge in [0.25, 0.3) is 0 Å². The molecule has 26 heavy (non-hydrogen) atoms. The van der Waals surface area contributed by atoms with E-state index in [9.17, 15) is 65.9 Å². The van der Waals surface area contributed by atoms with Gasteiger partial charge in [-0.25, -0.2) is 0 Å². The van der Waals surface area contributed by atoms with Crippen molar-refractivity contribution < 1.29 is 65.9 Å². The molecule has 0 N–H and O–H groups in total. The van der Waals surface area contributed by atoms with E-state index >= 15 is 0 Å². The number of hydrogen-bond donors (Lipinski definition) is 0. The summed E-state index contributed by atoms with van der Waals surface area (Å²) in [5, 5.41) is 0. The summed E-state index contributed by atoms with van der Waals surface area (Å²) in [6.07, 6.45) is -43.2. The summed E-state index contributed by atoms with van der Waals surface area (Å²) >= 11 is 0. The van der Waals surface area contributed by atoms with E-state index in [1.165, 1.54) is 0 Å². The van der Waals surface area contributed by atoms with Crippen LogP contribution in [-0.2, 0) is 0 Å². The molecule has 156 valence electrons. The fourth-order valence-corrected chi connectivity index (χ4v) is 3.62. The second-order valence-corrected chi connectivity index (χ2v) is 5.69. The van der Waals surface area contributed by atoms with E-state index in [2.05, 4.69) is 0 Å². The predicted octanol–water partition coefficient (Wildman–Crippen LogP) is 6.57. The molecule has 0 aromatic heterocycles. The fraction of sp³-hybridized carbons (Fsp3) is 1.00. The largest absolute Gasteiger partial charge is 0.405 e. The Morgan fingerprint density at radius 2 is 0.885 bits per heavy atom. The number of halogens is 15. The zero-order chi connectivity index (χ0) is 21.2. The van der Waals surface area contributed by atoms with Crippen molar-refractivity contribution in [3.63, 3.8) is 0 Å². The lowest BCUT2D eigenvalue weighted by Gasteiger charge is -2.58. The van der Waals surface area contributed by atoms with Gasteiger partial charge in [-0.2, -0.15) is 65.9 Å². The lowest BCUT2D eigenvalue weighted by Crippen LogP contribution is -2.76. The second kappa shape index (κ2) is 5.72. The first-order valence-electron chi connectivity index (χ1n) is 6.42. The van der Waals surface area contributed by atoms with E-state index in [0.717, 1.165) is 0 Å². The summed E-state index contributed by atoms with van der Waals surface area (Å²) in [7, 11) is 0. The van der Waals surface area contributed by atoms with E-state index in [-0.39, 0.29) is 0 Å². The molecule has 0 aromatic rings. The predicted molar refractivity (Wildman–Crippen MR) is 52.5 cm³/mol. The van der Waals surface area contributed by atoms with E-state index < -0.39 is 66.9 Å². The third-order valence-corrected chi connectivity index (χ3v) is 4.50. The van der Waals surface area contributed by atoms with Crippen LogP contribution in [0.5, 0.6) is 0 Å². The van der Waals surface area contributed by atoms with Gasteiger partial charge in [0.1, 0.15) is 0 Å². The quantitative estimate of drug-likeness (QED) is 0.386. The van der Waals surface area contributed by atoms with Crippen molar-refractivity contribution in [2.24, 2.45) is 16.7 Å². The van der Waals surface area contributed by atoms with Crippen LogP contribution in [0, 0.1) is 16.7 Å². The Labute approximate surface area is 134 Å². The minimum atomic E-state index is -7.56. The molecule has 15 heteroatoms. The molecule has 1 unspecified atom stereocenters. The molecule has 0 amide bonds. The van der Waals surface area contributed by atoms with Crippen molar-refractivity contribution in [3.8, 4) is 0 Å². The maximum absolute atomic E-state index is 13.2. The highest BCUT2D eigenvalue weighted by atomic mass is 19.4. The summed E-state index contributed by atoms with van der Waals surface area (Å²) in [5.41, 5.74) is -13.8. The van der Waals surface area contributed by atoms with Crippen LogP contribution in [0.25, 0.3) is 0 Å². The first-order valence-corrected chi connectivity index (χ1v) is 6.42. The Bertz CT molecular complexity index is 482. The highest BCUT2D eigenvalue weighted by molar-refractivity contribution is 5.18. The van der Waals surface area contributed by atoms with Crippen molar-refractivity contribution in [2.45, 2.75) is 50.1 Å². The highest BCUT2D eigenvalue weighted by Gasteiger charge is 2.96. The van der Waals surface area contributed by atoms with Crippen LogP contribution >= 0.6 is 0 Å².